The van der Waals surface area contributed by atoms with Gasteiger partial charge in [0.1, 0.15) is 5.84 Å². The number of hydrogen-bond donors (Lipinski definition) is 4. The minimum atomic E-state index is -0.502. The fraction of sp³-hybridized carbons (Fsp3) is 0.273. The highest BCUT2D eigenvalue weighted by Gasteiger charge is 2.36. The van der Waals surface area contributed by atoms with E-state index in [4.69, 9.17) is 11.1 Å². The molecule has 0 aliphatic carbocycles. The molecule has 1 aliphatic heterocycles. The number of ether oxygens (including phenoxy) is 1. The second-order valence-corrected chi connectivity index (χ2v) is 7.17. The number of carbonyl (C=O) groups excluding carboxylic acids is 3. The fourth-order valence-corrected chi connectivity index (χ4v) is 3.44. The van der Waals surface area contributed by atoms with E-state index in [0.717, 1.165) is 11.1 Å². The van der Waals surface area contributed by atoms with Crippen LogP contribution >= 0.6 is 12.4 Å². The highest BCUT2D eigenvalue weighted by Crippen LogP contribution is 2.22. The van der Waals surface area contributed by atoms with Crippen LogP contribution in [0.4, 0.5) is 0 Å². The van der Waals surface area contributed by atoms with Gasteiger partial charge in [-0.2, -0.15) is 0 Å². The third-order valence-electron chi connectivity index (χ3n) is 5.26. The lowest BCUT2D eigenvalue weighted by Gasteiger charge is -2.16. The molecular weight excluding hydrogens is 420 g/mol. The molecule has 3 rings (SSSR count). The van der Waals surface area contributed by atoms with Gasteiger partial charge in [-0.3, -0.25) is 19.8 Å². The van der Waals surface area contributed by atoms with E-state index >= 15 is 0 Å². The van der Waals surface area contributed by atoms with E-state index in [1.54, 1.807) is 24.3 Å². The molecule has 164 valence electrons. The summed E-state index contributed by atoms with van der Waals surface area (Å²) in [6.45, 7) is 0.698. The van der Waals surface area contributed by atoms with Crippen molar-refractivity contribution in [2.24, 2.45) is 17.6 Å². The Balaban J connectivity index is 0.00000341. The predicted octanol–water partition coefficient (Wildman–Crippen LogP) is 1.71. The third kappa shape index (κ3) is 5.82. The van der Waals surface area contributed by atoms with Gasteiger partial charge in [-0.25, -0.2) is 0 Å². The Labute approximate surface area is 186 Å². The van der Waals surface area contributed by atoms with Gasteiger partial charge in [-0.1, -0.05) is 36.4 Å². The number of rotatable bonds is 7. The summed E-state index contributed by atoms with van der Waals surface area (Å²) in [6.07, 6.45) is -0.0000142. The zero-order valence-electron chi connectivity index (χ0n) is 17.0. The van der Waals surface area contributed by atoms with E-state index < -0.39 is 11.9 Å². The van der Waals surface area contributed by atoms with Gasteiger partial charge in [0.2, 0.25) is 5.91 Å². The molecule has 2 atom stereocenters. The Bertz CT molecular complexity index is 960. The molecule has 2 unspecified atom stereocenters. The molecule has 0 spiro atoms. The van der Waals surface area contributed by atoms with Crippen molar-refractivity contribution in [2.45, 2.75) is 6.42 Å². The average molecular weight is 445 g/mol. The maximum Gasteiger partial charge on any atom is 0.306 e. The Morgan fingerprint density at radius 1 is 1.10 bits per heavy atom. The molecule has 0 bridgehead atoms. The number of nitrogens with one attached hydrogen (secondary N) is 3. The van der Waals surface area contributed by atoms with Gasteiger partial charge in [-0.15, -0.1) is 12.4 Å². The lowest BCUT2D eigenvalue weighted by Crippen LogP contribution is -2.33. The minimum absolute atomic E-state index is 0. The Morgan fingerprint density at radius 3 is 2.16 bits per heavy atom. The van der Waals surface area contributed by atoms with Crippen molar-refractivity contribution in [2.75, 3.05) is 20.2 Å². The molecule has 9 heteroatoms. The van der Waals surface area contributed by atoms with Crippen molar-refractivity contribution in [1.29, 1.82) is 5.41 Å². The zero-order valence-corrected chi connectivity index (χ0v) is 17.8. The largest absolute Gasteiger partial charge is 0.469 e. The van der Waals surface area contributed by atoms with Gasteiger partial charge < -0.3 is 21.1 Å². The number of amidine groups is 1. The van der Waals surface area contributed by atoms with Crippen LogP contribution in [0.2, 0.25) is 0 Å². The van der Waals surface area contributed by atoms with E-state index in [0.29, 0.717) is 17.7 Å². The van der Waals surface area contributed by atoms with Gasteiger partial charge in [0.25, 0.3) is 5.91 Å². The molecule has 0 radical (unpaired) electrons. The summed E-state index contributed by atoms with van der Waals surface area (Å²) in [5, 5.41) is 13.0. The van der Waals surface area contributed by atoms with Gasteiger partial charge >= 0.3 is 5.97 Å². The Kier molecular flexibility index (Phi) is 8.15. The van der Waals surface area contributed by atoms with Crippen LogP contribution in [0.15, 0.2) is 48.5 Å². The number of halogens is 1. The number of esters is 1. The normalized spacial score (nSPS) is 17.3. The van der Waals surface area contributed by atoms with Gasteiger partial charge in [0.15, 0.2) is 0 Å². The first kappa shape index (κ1) is 23.9. The molecule has 1 heterocycles. The molecular formula is C22H25ClN4O4. The zero-order chi connectivity index (χ0) is 21.7. The van der Waals surface area contributed by atoms with E-state index in [2.05, 4.69) is 15.4 Å². The summed E-state index contributed by atoms with van der Waals surface area (Å²) in [4.78, 5) is 35.9. The van der Waals surface area contributed by atoms with Crippen molar-refractivity contribution < 1.29 is 19.1 Å². The quantitative estimate of drug-likeness (QED) is 0.293. The van der Waals surface area contributed by atoms with Gasteiger partial charge in [0.05, 0.1) is 19.4 Å². The lowest BCUT2D eigenvalue weighted by atomic mass is 9.92. The number of methoxy groups -OCH3 is 1. The van der Waals surface area contributed by atoms with Gasteiger partial charge in [-0.05, 0) is 23.3 Å². The van der Waals surface area contributed by atoms with Crippen molar-refractivity contribution in [3.05, 3.63) is 59.7 Å². The molecule has 8 nitrogen and oxygen atoms in total. The monoisotopic (exact) mass is 444 g/mol. The molecule has 31 heavy (non-hydrogen) atoms. The van der Waals surface area contributed by atoms with E-state index in [-0.39, 0.29) is 48.9 Å². The van der Waals surface area contributed by atoms with Crippen LogP contribution in [0.1, 0.15) is 22.3 Å². The summed E-state index contributed by atoms with van der Waals surface area (Å²) >= 11 is 0. The summed E-state index contributed by atoms with van der Waals surface area (Å²) in [6, 6.07) is 14.5. The Hall–Kier alpha value is -3.39. The number of nitrogen functional groups attached to an aromatic ring is 1. The lowest BCUT2D eigenvalue weighted by molar-refractivity contribution is -0.144. The third-order valence-corrected chi connectivity index (χ3v) is 5.26. The standard InChI is InChI=1S/C22H24N4O4.ClH/c1-30-19(27)10-18-17(12-26-22(18)29)11-25-21(28)16-8-4-14(5-9-16)13-2-6-15(7-3-13)20(23)24;/h2-9,17-18H,10-12H2,1H3,(H3,23,24)(H,25,28)(H,26,29);1H. The number of amides is 2. The summed E-state index contributed by atoms with van der Waals surface area (Å²) in [5.74, 6) is -1.54. The van der Waals surface area contributed by atoms with Crippen LogP contribution in [0, 0.1) is 17.2 Å². The number of hydrogen-bond acceptors (Lipinski definition) is 5. The first-order valence-electron chi connectivity index (χ1n) is 9.56. The van der Waals surface area contributed by atoms with Crippen molar-refractivity contribution in [1.82, 2.24) is 10.6 Å². The van der Waals surface area contributed by atoms with E-state index in [1.165, 1.54) is 7.11 Å². The van der Waals surface area contributed by atoms with Crippen molar-refractivity contribution in [3.8, 4) is 11.1 Å². The molecule has 1 fully saturated rings. The summed E-state index contributed by atoms with van der Waals surface area (Å²) in [7, 11) is 1.29. The molecule has 0 aromatic heterocycles. The number of nitrogens with two attached hydrogens (primary N) is 1. The molecule has 5 N–H and O–H groups in total. The highest BCUT2D eigenvalue weighted by atomic mass is 35.5. The topological polar surface area (TPSA) is 134 Å². The maximum atomic E-state index is 12.5. The fourth-order valence-electron chi connectivity index (χ4n) is 3.44. The molecule has 2 aromatic carbocycles. The average Bonchev–Trinajstić information content (AvgIpc) is 3.11. The molecule has 0 saturated carbocycles. The second-order valence-electron chi connectivity index (χ2n) is 7.17. The summed E-state index contributed by atoms with van der Waals surface area (Å²) in [5.41, 5.74) is 8.51. The summed E-state index contributed by atoms with van der Waals surface area (Å²) < 4.78 is 4.65. The highest BCUT2D eigenvalue weighted by molar-refractivity contribution is 5.96. The van der Waals surface area contributed by atoms with Crippen LogP contribution < -0.4 is 16.4 Å². The maximum absolute atomic E-state index is 12.5. The van der Waals surface area contributed by atoms with Gasteiger partial charge in [0, 0.05) is 30.1 Å². The van der Waals surface area contributed by atoms with Crippen LogP contribution in [-0.2, 0) is 14.3 Å². The molecule has 2 aromatic rings. The second kappa shape index (κ2) is 10.6. The molecule has 1 saturated heterocycles. The van der Waals surface area contributed by atoms with Crippen LogP contribution in [0.5, 0.6) is 0 Å². The minimum Gasteiger partial charge on any atom is -0.469 e. The van der Waals surface area contributed by atoms with Crippen molar-refractivity contribution >= 4 is 36.0 Å². The first-order chi connectivity index (χ1) is 14.4. The number of carbonyl (C=O) groups is 3. The van der Waals surface area contributed by atoms with Crippen LogP contribution in [-0.4, -0.2) is 43.8 Å². The SMILES string of the molecule is COC(=O)CC1C(=O)NCC1CNC(=O)c1ccc(-c2ccc(C(=N)N)cc2)cc1.Cl. The van der Waals surface area contributed by atoms with E-state index in [9.17, 15) is 14.4 Å². The Morgan fingerprint density at radius 2 is 1.65 bits per heavy atom. The smallest absolute Gasteiger partial charge is 0.306 e. The molecule has 2 amide bonds. The number of benzene rings is 2. The van der Waals surface area contributed by atoms with Crippen LogP contribution in [0.3, 0.4) is 0 Å². The van der Waals surface area contributed by atoms with Crippen molar-refractivity contribution in [3.63, 3.8) is 0 Å². The molecule has 1 aliphatic rings. The predicted molar refractivity (Wildman–Crippen MR) is 119 cm³/mol. The first-order valence-corrected chi connectivity index (χ1v) is 9.56. The van der Waals surface area contributed by atoms with Crippen LogP contribution in [0.25, 0.3) is 11.1 Å². The van der Waals surface area contributed by atoms with E-state index in [1.807, 2.05) is 24.3 Å².